The van der Waals surface area contributed by atoms with Crippen LogP contribution in [-0.4, -0.2) is 32.4 Å². The van der Waals surface area contributed by atoms with E-state index in [-0.39, 0.29) is 6.54 Å². The van der Waals surface area contributed by atoms with Crippen molar-refractivity contribution in [1.29, 1.82) is 0 Å². The molecule has 112 valence electrons. The highest BCUT2D eigenvalue weighted by molar-refractivity contribution is 7.89. The highest BCUT2D eigenvalue weighted by atomic mass is 32.2. The molecule has 1 aliphatic rings. The van der Waals surface area contributed by atoms with Crippen LogP contribution in [0, 0.1) is 5.92 Å². The monoisotopic (exact) mass is 298 g/mol. The molecule has 0 spiro atoms. The summed E-state index contributed by atoms with van der Waals surface area (Å²) in [4.78, 5) is 0.301. The van der Waals surface area contributed by atoms with E-state index in [9.17, 15) is 8.42 Å². The molecule has 1 heterocycles. The van der Waals surface area contributed by atoms with Gasteiger partial charge in [0.15, 0.2) is 0 Å². The van der Waals surface area contributed by atoms with Crippen LogP contribution in [0.2, 0.25) is 0 Å². The Morgan fingerprint density at radius 3 is 2.75 bits per heavy atom. The zero-order valence-electron chi connectivity index (χ0n) is 12.0. The third-order valence-electron chi connectivity index (χ3n) is 3.58. The minimum Gasteiger partial charge on any atom is -0.494 e. The van der Waals surface area contributed by atoms with Gasteiger partial charge in [-0.05, 0) is 37.5 Å². The third-order valence-corrected chi connectivity index (χ3v) is 5.44. The molecular formula is C14H22N2O3S. The second-order valence-electron chi connectivity index (χ2n) is 5.16. The van der Waals surface area contributed by atoms with Gasteiger partial charge in [-0.15, -0.1) is 0 Å². The Morgan fingerprint density at radius 1 is 1.45 bits per heavy atom. The molecule has 0 aliphatic carbocycles. The van der Waals surface area contributed by atoms with Gasteiger partial charge < -0.3 is 10.5 Å². The van der Waals surface area contributed by atoms with Gasteiger partial charge in [-0.1, -0.05) is 6.92 Å². The molecule has 1 atom stereocenters. The highest BCUT2D eigenvalue weighted by Gasteiger charge is 2.30. The molecule has 0 radical (unpaired) electrons. The van der Waals surface area contributed by atoms with Gasteiger partial charge in [-0.2, -0.15) is 4.31 Å². The van der Waals surface area contributed by atoms with Crippen molar-refractivity contribution in [2.24, 2.45) is 11.7 Å². The summed E-state index contributed by atoms with van der Waals surface area (Å²) in [6.07, 6.45) is 0.917. The second kappa shape index (κ2) is 6.11. The fourth-order valence-corrected chi connectivity index (χ4v) is 4.06. The summed E-state index contributed by atoms with van der Waals surface area (Å²) in [7, 11) is -3.41. The first-order valence-electron chi connectivity index (χ1n) is 6.95. The molecular weight excluding hydrogens is 276 g/mol. The molecule has 1 aliphatic heterocycles. The molecule has 0 saturated carbocycles. The first-order valence-corrected chi connectivity index (χ1v) is 8.39. The number of hydrogen-bond donors (Lipinski definition) is 1. The van der Waals surface area contributed by atoms with E-state index in [4.69, 9.17) is 10.5 Å². The number of hydrogen-bond acceptors (Lipinski definition) is 4. The van der Waals surface area contributed by atoms with E-state index in [1.807, 2.05) is 6.92 Å². The standard InChI is InChI=1S/C14H22N2O3S/c1-3-19-14-5-4-13(8-12(14)9-15)20(17,18)16-7-6-11(2)10-16/h4-5,8,11H,3,6-7,9-10,15H2,1-2H3. The number of ether oxygens (including phenoxy) is 1. The number of nitrogens with two attached hydrogens (primary N) is 1. The minimum atomic E-state index is -3.41. The maximum absolute atomic E-state index is 12.6. The van der Waals surface area contributed by atoms with Crippen LogP contribution in [-0.2, 0) is 16.6 Å². The molecule has 1 fully saturated rings. The Balaban J connectivity index is 2.32. The van der Waals surface area contributed by atoms with Crippen molar-refractivity contribution in [2.75, 3.05) is 19.7 Å². The predicted molar refractivity (Wildman–Crippen MR) is 78.0 cm³/mol. The summed E-state index contributed by atoms with van der Waals surface area (Å²) >= 11 is 0. The Kier molecular flexibility index (Phi) is 4.67. The lowest BCUT2D eigenvalue weighted by Crippen LogP contribution is -2.28. The summed E-state index contributed by atoms with van der Waals surface area (Å²) in [5, 5.41) is 0. The summed E-state index contributed by atoms with van der Waals surface area (Å²) in [6.45, 7) is 5.93. The molecule has 0 amide bonds. The number of rotatable bonds is 5. The first kappa shape index (κ1) is 15.3. The lowest BCUT2D eigenvalue weighted by Gasteiger charge is -2.17. The molecule has 1 aromatic rings. The maximum Gasteiger partial charge on any atom is 0.243 e. The van der Waals surface area contributed by atoms with Crippen molar-refractivity contribution in [1.82, 2.24) is 4.31 Å². The van der Waals surface area contributed by atoms with Crippen LogP contribution in [0.15, 0.2) is 23.1 Å². The number of benzene rings is 1. The summed E-state index contributed by atoms with van der Waals surface area (Å²) < 4.78 is 32.1. The zero-order chi connectivity index (χ0) is 14.8. The Hall–Kier alpha value is -1.11. The van der Waals surface area contributed by atoms with Gasteiger partial charge in [0.1, 0.15) is 5.75 Å². The SMILES string of the molecule is CCOc1ccc(S(=O)(=O)N2CCC(C)C2)cc1CN. The van der Waals surface area contributed by atoms with Crippen molar-refractivity contribution < 1.29 is 13.2 Å². The second-order valence-corrected chi connectivity index (χ2v) is 7.10. The Morgan fingerprint density at radius 2 is 2.20 bits per heavy atom. The summed E-state index contributed by atoms with van der Waals surface area (Å²) in [5.41, 5.74) is 6.40. The van der Waals surface area contributed by atoms with Gasteiger partial charge in [-0.25, -0.2) is 8.42 Å². The molecule has 6 heteroatoms. The van der Waals surface area contributed by atoms with Gasteiger partial charge in [-0.3, -0.25) is 0 Å². The summed E-state index contributed by atoms with van der Waals surface area (Å²) in [5.74, 6) is 1.07. The van der Waals surface area contributed by atoms with E-state index in [1.165, 1.54) is 0 Å². The van der Waals surface area contributed by atoms with Gasteiger partial charge in [0.25, 0.3) is 0 Å². The van der Waals surface area contributed by atoms with E-state index in [0.717, 1.165) is 12.0 Å². The Labute approximate surface area is 120 Å². The van der Waals surface area contributed by atoms with Crippen molar-refractivity contribution in [3.63, 3.8) is 0 Å². The van der Waals surface area contributed by atoms with Crippen LogP contribution in [0.3, 0.4) is 0 Å². The summed E-state index contributed by atoms with van der Waals surface area (Å²) in [6, 6.07) is 4.92. The number of nitrogens with zero attached hydrogens (tertiary/aromatic N) is 1. The van der Waals surface area contributed by atoms with Crippen molar-refractivity contribution in [2.45, 2.75) is 31.7 Å². The van der Waals surface area contributed by atoms with Crippen molar-refractivity contribution in [3.8, 4) is 5.75 Å². The minimum absolute atomic E-state index is 0.259. The molecule has 0 bridgehead atoms. The topological polar surface area (TPSA) is 72.6 Å². The highest BCUT2D eigenvalue weighted by Crippen LogP contribution is 2.27. The average Bonchev–Trinajstić information content (AvgIpc) is 2.87. The molecule has 5 nitrogen and oxygen atoms in total. The first-order chi connectivity index (χ1) is 9.48. The quantitative estimate of drug-likeness (QED) is 0.895. The third kappa shape index (κ3) is 2.97. The fourth-order valence-electron chi connectivity index (χ4n) is 2.43. The van der Waals surface area contributed by atoms with Crippen molar-refractivity contribution >= 4 is 10.0 Å². The molecule has 1 saturated heterocycles. The fraction of sp³-hybridized carbons (Fsp3) is 0.571. The lowest BCUT2D eigenvalue weighted by molar-refractivity contribution is 0.336. The molecule has 2 N–H and O–H groups in total. The van der Waals surface area contributed by atoms with Gasteiger partial charge in [0, 0.05) is 25.2 Å². The van der Waals surface area contributed by atoms with Crippen LogP contribution < -0.4 is 10.5 Å². The van der Waals surface area contributed by atoms with E-state index in [0.29, 0.717) is 36.3 Å². The van der Waals surface area contributed by atoms with Crippen LogP contribution in [0.5, 0.6) is 5.75 Å². The normalized spacial score (nSPS) is 20.2. The van der Waals surface area contributed by atoms with Gasteiger partial charge in [0.05, 0.1) is 11.5 Å². The number of sulfonamides is 1. The molecule has 2 rings (SSSR count). The van der Waals surface area contributed by atoms with E-state index < -0.39 is 10.0 Å². The maximum atomic E-state index is 12.6. The van der Waals surface area contributed by atoms with Crippen LogP contribution in [0.1, 0.15) is 25.8 Å². The van der Waals surface area contributed by atoms with Crippen LogP contribution in [0.4, 0.5) is 0 Å². The largest absolute Gasteiger partial charge is 0.494 e. The molecule has 1 unspecified atom stereocenters. The predicted octanol–water partition coefficient (Wildman–Crippen LogP) is 1.57. The lowest BCUT2D eigenvalue weighted by atomic mass is 10.2. The van der Waals surface area contributed by atoms with Gasteiger partial charge in [0.2, 0.25) is 10.0 Å². The molecule has 20 heavy (non-hydrogen) atoms. The Bertz CT molecular complexity index is 572. The van der Waals surface area contributed by atoms with E-state index >= 15 is 0 Å². The van der Waals surface area contributed by atoms with Crippen LogP contribution in [0.25, 0.3) is 0 Å². The molecule has 1 aromatic carbocycles. The molecule has 0 aromatic heterocycles. The zero-order valence-corrected chi connectivity index (χ0v) is 12.8. The smallest absolute Gasteiger partial charge is 0.243 e. The van der Waals surface area contributed by atoms with E-state index in [1.54, 1.807) is 22.5 Å². The van der Waals surface area contributed by atoms with Crippen molar-refractivity contribution in [3.05, 3.63) is 23.8 Å². The van der Waals surface area contributed by atoms with Crippen LogP contribution >= 0.6 is 0 Å². The average molecular weight is 298 g/mol. The van der Waals surface area contributed by atoms with E-state index in [2.05, 4.69) is 6.92 Å². The van der Waals surface area contributed by atoms with Gasteiger partial charge >= 0.3 is 0 Å².